The Morgan fingerprint density at radius 2 is 2.16 bits per heavy atom. The van der Waals surface area contributed by atoms with E-state index in [-0.39, 0.29) is 0 Å². The number of nitrogens with zero attached hydrogens (tertiary/aromatic N) is 2. The molecular formula is C16H27N3. The Labute approximate surface area is 117 Å². The molecule has 1 fully saturated rings. The first-order chi connectivity index (χ1) is 9.06. The van der Waals surface area contributed by atoms with Crippen molar-refractivity contribution in [2.45, 2.75) is 32.4 Å². The predicted octanol–water partition coefficient (Wildman–Crippen LogP) is 2.11. The van der Waals surface area contributed by atoms with Gasteiger partial charge in [-0.1, -0.05) is 12.1 Å². The van der Waals surface area contributed by atoms with Gasteiger partial charge in [0.05, 0.1) is 6.04 Å². The van der Waals surface area contributed by atoms with Crippen LogP contribution in [0.25, 0.3) is 0 Å². The predicted molar refractivity (Wildman–Crippen MR) is 82.9 cm³/mol. The Bertz CT molecular complexity index is 403. The molecule has 0 amide bonds. The number of nitrogens with one attached hydrogen (secondary N) is 1. The highest BCUT2D eigenvalue weighted by molar-refractivity contribution is 5.49. The van der Waals surface area contributed by atoms with Gasteiger partial charge in [-0.3, -0.25) is 0 Å². The molecule has 1 aromatic rings. The summed E-state index contributed by atoms with van der Waals surface area (Å²) in [5.41, 5.74) is 2.70. The smallest absolute Gasteiger partial charge is 0.0541 e. The Balaban J connectivity index is 2.21. The van der Waals surface area contributed by atoms with Crippen molar-refractivity contribution in [1.82, 2.24) is 10.2 Å². The van der Waals surface area contributed by atoms with Crippen molar-refractivity contribution in [2.75, 3.05) is 38.6 Å². The third-order valence-electron chi connectivity index (χ3n) is 3.85. The molecule has 1 aliphatic heterocycles. The summed E-state index contributed by atoms with van der Waals surface area (Å²) in [6, 6.07) is 10.0. The van der Waals surface area contributed by atoms with Crippen molar-refractivity contribution in [2.24, 2.45) is 0 Å². The lowest BCUT2D eigenvalue weighted by atomic mass is 10.1. The third kappa shape index (κ3) is 3.95. The molecule has 0 aliphatic carbocycles. The van der Waals surface area contributed by atoms with Crippen LogP contribution in [0, 0.1) is 6.92 Å². The zero-order chi connectivity index (χ0) is 13.8. The Kier molecular flexibility index (Phi) is 4.83. The summed E-state index contributed by atoms with van der Waals surface area (Å²) in [5.74, 6) is 0. The summed E-state index contributed by atoms with van der Waals surface area (Å²) in [4.78, 5) is 4.86. The summed E-state index contributed by atoms with van der Waals surface area (Å²) in [6.45, 7) is 7.74. The minimum Gasteiger partial charge on any atom is -0.366 e. The first-order valence-electron chi connectivity index (χ1n) is 7.27. The van der Waals surface area contributed by atoms with Crippen LogP contribution in [-0.2, 0) is 0 Å². The van der Waals surface area contributed by atoms with E-state index in [0.29, 0.717) is 12.1 Å². The van der Waals surface area contributed by atoms with Crippen LogP contribution in [0.5, 0.6) is 0 Å². The standard InChI is InChI=1S/C16H27N3/c1-13-6-5-7-15(10-13)19-9-8-14(2)17-11-16(19)12-18(3)4/h5-7,10,14,16-17H,8-9,11-12H2,1-4H3. The molecule has 0 aromatic heterocycles. The first-order valence-corrected chi connectivity index (χ1v) is 7.27. The van der Waals surface area contributed by atoms with Crippen molar-refractivity contribution in [3.8, 4) is 0 Å². The summed E-state index contributed by atoms with van der Waals surface area (Å²) in [6.07, 6.45) is 1.21. The van der Waals surface area contributed by atoms with E-state index in [1.54, 1.807) is 0 Å². The highest BCUT2D eigenvalue weighted by atomic mass is 15.2. The van der Waals surface area contributed by atoms with Gasteiger partial charge in [-0.2, -0.15) is 0 Å². The fraction of sp³-hybridized carbons (Fsp3) is 0.625. The number of benzene rings is 1. The van der Waals surface area contributed by atoms with E-state index in [2.05, 4.69) is 67.3 Å². The maximum absolute atomic E-state index is 3.65. The van der Waals surface area contributed by atoms with E-state index < -0.39 is 0 Å². The fourth-order valence-electron chi connectivity index (χ4n) is 2.80. The van der Waals surface area contributed by atoms with Gasteiger partial charge in [-0.25, -0.2) is 0 Å². The van der Waals surface area contributed by atoms with Crippen LogP contribution in [0.1, 0.15) is 18.9 Å². The number of anilines is 1. The zero-order valence-electron chi connectivity index (χ0n) is 12.7. The lowest BCUT2D eigenvalue weighted by Gasteiger charge is -2.33. The molecule has 0 spiro atoms. The Morgan fingerprint density at radius 1 is 1.37 bits per heavy atom. The maximum atomic E-state index is 3.65. The van der Waals surface area contributed by atoms with E-state index in [9.17, 15) is 0 Å². The average molecular weight is 261 g/mol. The highest BCUT2D eigenvalue weighted by Crippen LogP contribution is 2.21. The van der Waals surface area contributed by atoms with Crippen LogP contribution in [0.15, 0.2) is 24.3 Å². The summed E-state index contributed by atoms with van der Waals surface area (Å²) in [5, 5.41) is 3.65. The second-order valence-corrected chi connectivity index (χ2v) is 6.05. The van der Waals surface area contributed by atoms with Gasteiger partial charge in [-0.15, -0.1) is 0 Å². The zero-order valence-corrected chi connectivity index (χ0v) is 12.7. The molecule has 0 bridgehead atoms. The molecule has 2 rings (SSSR count). The van der Waals surface area contributed by atoms with Gasteiger partial charge in [-0.05, 0) is 52.1 Å². The van der Waals surface area contributed by atoms with Crippen LogP contribution >= 0.6 is 0 Å². The summed E-state index contributed by atoms with van der Waals surface area (Å²) in [7, 11) is 4.31. The quantitative estimate of drug-likeness (QED) is 0.899. The highest BCUT2D eigenvalue weighted by Gasteiger charge is 2.23. The third-order valence-corrected chi connectivity index (χ3v) is 3.85. The maximum Gasteiger partial charge on any atom is 0.0541 e. The van der Waals surface area contributed by atoms with Gasteiger partial charge in [0.2, 0.25) is 0 Å². The van der Waals surface area contributed by atoms with Gasteiger partial charge in [0, 0.05) is 31.4 Å². The summed E-state index contributed by atoms with van der Waals surface area (Å²) >= 11 is 0. The van der Waals surface area contributed by atoms with Gasteiger partial charge in [0.15, 0.2) is 0 Å². The van der Waals surface area contributed by atoms with Crippen molar-refractivity contribution >= 4 is 5.69 Å². The van der Waals surface area contributed by atoms with Gasteiger partial charge in [0.1, 0.15) is 0 Å². The molecule has 0 saturated carbocycles. The lowest BCUT2D eigenvalue weighted by molar-refractivity contribution is 0.359. The average Bonchev–Trinajstić information content (AvgIpc) is 2.52. The van der Waals surface area contributed by atoms with Crippen LogP contribution in [0.4, 0.5) is 5.69 Å². The molecular weight excluding hydrogens is 234 g/mol. The Hall–Kier alpha value is -1.06. The van der Waals surface area contributed by atoms with Crippen LogP contribution < -0.4 is 10.2 Å². The molecule has 2 atom stereocenters. The second-order valence-electron chi connectivity index (χ2n) is 6.05. The molecule has 1 N–H and O–H groups in total. The number of hydrogen-bond donors (Lipinski definition) is 1. The molecule has 106 valence electrons. The second kappa shape index (κ2) is 6.40. The van der Waals surface area contributed by atoms with Gasteiger partial charge in [0.25, 0.3) is 0 Å². The minimum atomic E-state index is 0.543. The SMILES string of the molecule is Cc1cccc(N2CCC(C)NCC2CN(C)C)c1. The van der Waals surface area contributed by atoms with Crippen molar-refractivity contribution in [1.29, 1.82) is 0 Å². The number of rotatable bonds is 3. The van der Waals surface area contributed by atoms with Crippen molar-refractivity contribution in [3.63, 3.8) is 0 Å². The molecule has 3 nitrogen and oxygen atoms in total. The van der Waals surface area contributed by atoms with E-state index in [1.165, 1.54) is 17.7 Å². The normalized spacial score (nSPS) is 24.6. The van der Waals surface area contributed by atoms with Crippen LogP contribution in [0.2, 0.25) is 0 Å². The molecule has 1 saturated heterocycles. The summed E-state index contributed by atoms with van der Waals surface area (Å²) < 4.78 is 0. The molecule has 2 unspecified atom stereocenters. The van der Waals surface area contributed by atoms with Crippen LogP contribution in [-0.4, -0.2) is 50.7 Å². The minimum absolute atomic E-state index is 0.543. The molecule has 19 heavy (non-hydrogen) atoms. The van der Waals surface area contributed by atoms with E-state index in [1.807, 2.05) is 0 Å². The largest absolute Gasteiger partial charge is 0.366 e. The van der Waals surface area contributed by atoms with Crippen LogP contribution in [0.3, 0.4) is 0 Å². The van der Waals surface area contributed by atoms with Crippen molar-refractivity contribution in [3.05, 3.63) is 29.8 Å². The van der Waals surface area contributed by atoms with E-state index >= 15 is 0 Å². The van der Waals surface area contributed by atoms with E-state index in [4.69, 9.17) is 0 Å². The number of aryl methyl sites for hydroxylation is 1. The molecule has 1 aliphatic rings. The lowest BCUT2D eigenvalue weighted by Crippen LogP contribution is -2.46. The monoisotopic (exact) mass is 261 g/mol. The number of hydrogen-bond acceptors (Lipinski definition) is 3. The van der Waals surface area contributed by atoms with E-state index in [0.717, 1.165) is 19.6 Å². The van der Waals surface area contributed by atoms with Gasteiger partial charge >= 0.3 is 0 Å². The fourth-order valence-corrected chi connectivity index (χ4v) is 2.80. The first kappa shape index (κ1) is 14.4. The molecule has 0 radical (unpaired) electrons. The van der Waals surface area contributed by atoms with Gasteiger partial charge < -0.3 is 15.1 Å². The molecule has 1 aromatic carbocycles. The molecule has 1 heterocycles. The Morgan fingerprint density at radius 3 is 2.84 bits per heavy atom. The molecule has 3 heteroatoms. The topological polar surface area (TPSA) is 18.5 Å². The number of likely N-dealkylation sites (N-methyl/N-ethyl adjacent to an activating group) is 1. The van der Waals surface area contributed by atoms with Crippen molar-refractivity contribution < 1.29 is 0 Å².